The SMILES string of the molecule is CCNC(CS(=O)(=O)C1CCCC1)C1CCOC1. The maximum absolute atomic E-state index is 12.4. The van der Waals surface area contributed by atoms with Gasteiger partial charge in [0.05, 0.1) is 17.6 Å². The van der Waals surface area contributed by atoms with Gasteiger partial charge in [0.25, 0.3) is 0 Å². The molecule has 0 bridgehead atoms. The average molecular weight is 275 g/mol. The molecule has 106 valence electrons. The van der Waals surface area contributed by atoms with Crippen LogP contribution in [0.2, 0.25) is 0 Å². The average Bonchev–Trinajstić information content (AvgIpc) is 3.02. The first-order valence-electron chi connectivity index (χ1n) is 7.16. The molecule has 0 aromatic heterocycles. The summed E-state index contributed by atoms with van der Waals surface area (Å²) in [5, 5.41) is 3.26. The van der Waals surface area contributed by atoms with Crippen molar-refractivity contribution in [1.29, 1.82) is 0 Å². The van der Waals surface area contributed by atoms with Gasteiger partial charge in [-0.05, 0) is 25.8 Å². The third-order valence-electron chi connectivity index (χ3n) is 4.22. The predicted octanol–water partition coefficient (Wildman–Crippen LogP) is 1.36. The summed E-state index contributed by atoms with van der Waals surface area (Å²) in [7, 11) is -2.94. The van der Waals surface area contributed by atoms with Crippen LogP contribution < -0.4 is 5.32 Å². The van der Waals surface area contributed by atoms with Crippen LogP contribution in [0.3, 0.4) is 0 Å². The van der Waals surface area contributed by atoms with Crippen molar-refractivity contribution in [3.05, 3.63) is 0 Å². The molecule has 5 heteroatoms. The van der Waals surface area contributed by atoms with Crippen molar-refractivity contribution in [3.63, 3.8) is 0 Å². The molecule has 1 aliphatic heterocycles. The number of ether oxygens (including phenoxy) is 1. The fourth-order valence-electron chi connectivity index (χ4n) is 3.13. The van der Waals surface area contributed by atoms with E-state index in [-0.39, 0.29) is 11.3 Å². The molecule has 1 saturated heterocycles. The molecule has 2 atom stereocenters. The lowest BCUT2D eigenvalue weighted by atomic mass is 10.0. The van der Waals surface area contributed by atoms with E-state index in [9.17, 15) is 8.42 Å². The van der Waals surface area contributed by atoms with E-state index in [1.165, 1.54) is 0 Å². The molecule has 2 unspecified atom stereocenters. The lowest BCUT2D eigenvalue weighted by molar-refractivity contribution is 0.179. The largest absolute Gasteiger partial charge is 0.381 e. The summed E-state index contributed by atoms with van der Waals surface area (Å²) in [6, 6.07) is 0.0723. The summed E-state index contributed by atoms with van der Waals surface area (Å²) in [6.07, 6.45) is 4.85. The van der Waals surface area contributed by atoms with Gasteiger partial charge in [0.1, 0.15) is 0 Å². The Hall–Kier alpha value is -0.130. The molecule has 0 amide bonds. The molecule has 0 aromatic carbocycles. The van der Waals surface area contributed by atoms with Crippen LogP contribution in [-0.4, -0.2) is 45.2 Å². The second-order valence-electron chi connectivity index (χ2n) is 5.52. The minimum atomic E-state index is -2.94. The van der Waals surface area contributed by atoms with Gasteiger partial charge in [-0.3, -0.25) is 0 Å². The molecule has 1 heterocycles. The van der Waals surface area contributed by atoms with Crippen LogP contribution in [0.15, 0.2) is 0 Å². The van der Waals surface area contributed by atoms with E-state index in [2.05, 4.69) is 5.32 Å². The third-order valence-corrected chi connectivity index (χ3v) is 6.53. The van der Waals surface area contributed by atoms with E-state index in [1.807, 2.05) is 6.92 Å². The van der Waals surface area contributed by atoms with Gasteiger partial charge in [0, 0.05) is 18.6 Å². The van der Waals surface area contributed by atoms with Crippen LogP contribution in [0.4, 0.5) is 0 Å². The second-order valence-corrected chi connectivity index (χ2v) is 7.85. The fraction of sp³-hybridized carbons (Fsp3) is 1.00. The Kier molecular flexibility index (Phi) is 5.04. The van der Waals surface area contributed by atoms with E-state index in [0.717, 1.165) is 45.3 Å². The Labute approximate surface area is 110 Å². The van der Waals surface area contributed by atoms with Crippen molar-refractivity contribution >= 4 is 9.84 Å². The van der Waals surface area contributed by atoms with Crippen molar-refractivity contribution in [1.82, 2.24) is 5.32 Å². The highest BCUT2D eigenvalue weighted by molar-refractivity contribution is 7.92. The number of hydrogen-bond donors (Lipinski definition) is 1. The van der Waals surface area contributed by atoms with E-state index >= 15 is 0 Å². The summed E-state index contributed by atoms with van der Waals surface area (Å²) in [4.78, 5) is 0. The molecule has 2 fully saturated rings. The molecule has 1 N–H and O–H groups in total. The predicted molar refractivity (Wildman–Crippen MR) is 72.4 cm³/mol. The first kappa shape index (κ1) is 14.3. The molecule has 0 spiro atoms. The number of sulfone groups is 1. The molecule has 18 heavy (non-hydrogen) atoms. The summed E-state index contributed by atoms with van der Waals surface area (Å²) < 4.78 is 30.2. The van der Waals surface area contributed by atoms with Gasteiger partial charge >= 0.3 is 0 Å². The Morgan fingerprint density at radius 1 is 1.28 bits per heavy atom. The van der Waals surface area contributed by atoms with Gasteiger partial charge in [-0.1, -0.05) is 19.8 Å². The minimum Gasteiger partial charge on any atom is -0.381 e. The normalized spacial score (nSPS) is 27.7. The standard InChI is InChI=1S/C13H25NO3S/c1-2-14-13(11-7-8-17-9-11)10-18(15,16)12-5-3-4-6-12/h11-14H,2-10H2,1H3. The Bertz CT molecular complexity index is 343. The summed E-state index contributed by atoms with van der Waals surface area (Å²) in [5.41, 5.74) is 0. The molecule has 0 radical (unpaired) electrons. The van der Waals surface area contributed by atoms with Gasteiger partial charge in [-0.15, -0.1) is 0 Å². The number of nitrogens with one attached hydrogen (secondary N) is 1. The first-order chi connectivity index (χ1) is 8.63. The maximum atomic E-state index is 12.4. The van der Waals surface area contributed by atoms with Gasteiger partial charge in [0.15, 0.2) is 9.84 Å². The van der Waals surface area contributed by atoms with Crippen molar-refractivity contribution in [2.24, 2.45) is 5.92 Å². The van der Waals surface area contributed by atoms with Crippen LogP contribution in [0.5, 0.6) is 0 Å². The molecule has 0 aromatic rings. The molecule has 1 aliphatic carbocycles. The van der Waals surface area contributed by atoms with Crippen molar-refractivity contribution in [2.75, 3.05) is 25.5 Å². The van der Waals surface area contributed by atoms with Gasteiger partial charge in [0.2, 0.25) is 0 Å². The van der Waals surface area contributed by atoms with Crippen molar-refractivity contribution < 1.29 is 13.2 Å². The summed E-state index contributed by atoms with van der Waals surface area (Å²) >= 11 is 0. The zero-order valence-electron chi connectivity index (χ0n) is 11.2. The highest BCUT2D eigenvalue weighted by atomic mass is 32.2. The van der Waals surface area contributed by atoms with Gasteiger partial charge in [-0.2, -0.15) is 0 Å². The first-order valence-corrected chi connectivity index (χ1v) is 8.87. The lowest BCUT2D eigenvalue weighted by Crippen LogP contribution is -2.43. The molecule has 4 nitrogen and oxygen atoms in total. The monoisotopic (exact) mass is 275 g/mol. The maximum Gasteiger partial charge on any atom is 0.154 e. The molecule has 2 rings (SSSR count). The highest BCUT2D eigenvalue weighted by Crippen LogP contribution is 2.27. The quantitative estimate of drug-likeness (QED) is 0.795. The van der Waals surface area contributed by atoms with Crippen LogP contribution in [0, 0.1) is 5.92 Å². The Morgan fingerprint density at radius 3 is 2.56 bits per heavy atom. The fourth-order valence-corrected chi connectivity index (χ4v) is 5.34. The van der Waals surface area contributed by atoms with Crippen molar-refractivity contribution in [2.45, 2.75) is 50.3 Å². The molecular weight excluding hydrogens is 250 g/mol. The number of rotatable bonds is 6. The van der Waals surface area contributed by atoms with E-state index in [4.69, 9.17) is 4.74 Å². The van der Waals surface area contributed by atoms with Crippen LogP contribution >= 0.6 is 0 Å². The Balaban J connectivity index is 1.98. The molecular formula is C13H25NO3S. The molecule has 1 saturated carbocycles. The summed E-state index contributed by atoms with van der Waals surface area (Å²) in [5.74, 6) is 0.653. The summed E-state index contributed by atoms with van der Waals surface area (Å²) in [6.45, 7) is 4.33. The van der Waals surface area contributed by atoms with Crippen LogP contribution in [0.1, 0.15) is 39.0 Å². The molecule has 2 aliphatic rings. The van der Waals surface area contributed by atoms with E-state index in [1.54, 1.807) is 0 Å². The topological polar surface area (TPSA) is 55.4 Å². The van der Waals surface area contributed by atoms with Crippen molar-refractivity contribution in [3.8, 4) is 0 Å². The van der Waals surface area contributed by atoms with E-state index < -0.39 is 9.84 Å². The zero-order valence-corrected chi connectivity index (χ0v) is 12.0. The number of hydrogen-bond acceptors (Lipinski definition) is 4. The highest BCUT2D eigenvalue weighted by Gasteiger charge is 2.34. The zero-order chi connectivity index (χ0) is 13.0. The second kappa shape index (κ2) is 6.35. The lowest BCUT2D eigenvalue weighted by Gasteiger charge is -2.24. The Morgan fingerprint density at radius 2 is 2.00 bits per heavy atom. The van der Waals surface area contributed by atoms with Crippen LogP contribution in [-0.2, 0) is 14.6 Å². The smallest absolute Gasteiger partial charge is 0.154 e. The minimum absolute atomic E-state index is 0.0723. The van der Waals surface area contributed by atoms with Gasteiger partial charge in [-0.25, -0.2) is 8.42 Å². The third kappa shape index (κ3) is 3.45. The van der Waals surface area contributed by atoms with E-state index in [0.29, 0.717) is 18.3 Å². The van der Waals surface area contributed by atoms with Crippen LogP contribution in [0.25, 0.3) is 0 Å². The van der Waals surface area contributed by atoms with Gasteiger partial charge < -0.3 is 10.1 Å².